The van der Waals surface area contributed by atoms with Gasteiger partial charge in [0.25, 0.3) is 0 Å². The van der Waals surface area contributed by atoms with E-state index in [1.807, 2.05) is 0 Å². The first-order chi connectivity index (χ1) is 8.42. The van der Waals surface area contributed by atoms with Crippen LogP contribution < -0.4 is 22.5 Å². The van der Waals surface area contributed by atoms with Crippen molar-refractivity contribution in [3.63, 3.8) is 0 Å². The summed E-state index contributed by atoms with van der Waals surface area (Å²) in [6.07, 6.45) is 6.39. The van der Waals surface area contributed by atoms with Crippen molar-refractivity contribution in [1.29, 1.82) is 0 Å². The minimum Gasteiger partial charge on any atom is -1.00 e. The molecule has 1 N–H and O–H groups in total. The van der Waals surface area contributed by atoms with Crippen LogP contribution in [0.15, 0.2) is 18.2 Å². The fourth-order valence-corrected chi connectivity index (χ4v) is 2.92. The van der Waals surface area contributed by atoms with Gasteiger partial charge in [-0.25, -0.2) is 0 Å². The van der Waals surface area contributed by atoms with Crippen LogP contribution in [0.25, 0.3) is 0 Å². The fourth-order valence-electron chi connectivity index (χ4n) is 2.92. The summed E-state index contributed by atoms with van der Waals surface area (Å²) >= 11 is 0. The molecule has 1 aliphatic heterocycles. The summed E-state index contributed by atoms with van der Waals surface area (Å²) in [5, 5.41) is 3.43. The van der Waals surface area contributed by atoms with Gasteiger partial charge in [-0.05, 0) is 61.9 Å². The van der Waals surface area contributed by atoms with E-state index in [4.69, 9.17) is 4.74 Å². The summed E-state index contributed by atoms with van der Waals surface area (Å²) in [6.45, 7) is 3.16. The molecule has 1 unspecified atom stereocenters. The first kappa shape index (κ1) is 13.7. The highest BCUT2D eigenvalue weighted by molar-refractivity contribution is 5.38. The molecule has 1 saturated heterocycles. The Bertz CT molecular complexity index is 388. The molecule has 1 heterocycles. The second-order valence-corrected chi connectivity index (χ2v) is 5.31. The van der Waals surface area contributed by atoms with Gasteiger partial charge in [0.15, 0.2) is 0 Å². The summed E-state index contributed by atoms with van der Waals surface area (Å²) in [5.41, 5.74) is 3.03. The van der Waals surface area contributed by atoms with Gasteiger partial charge >= 0.3 is 0 Å². The number of ether oxygens (including phenoxy) is 1. The van der Waals surface area contributed by atoms with Gasteiger partial charge in [0, 0.05) is 12.5 Å². The predicted octanol–water partition coefficient (Wildman–Crippen LogP) is -0.442. The van der Waals surface area contributed by atoms with Crippen molar-refractivity contribution >= 4 is 0 Å². The van der Waals surface area contributed by atoms with Gasteiger partial charge < -0.3 is 22.5 Å². The van der Waals surface area contributed by atoms with Crippen molar-refractivity contribution in [3.05, 3.63) is 29.3 Å². The predicted molar refractivity (Wildman–Crippen MR) is 69.6 cm³/mol. The molecule has 0 amide bonds. The van der Waals surface area contributed by atoms with E-state index in [0.717, 1.165) is 18.9 Å². The lowest BCUT2D eigenvalue weighted by Crippen LogP contribution is -3.00. The molecule has 1 aliphatic carbocycles. The van der Waals surface area contributed by atoms with Crippen molar-refractivity contribution in [3.8, 4) is 5.75 Å². The molecule has 3 rings (SSSR count). The number of fused-ring (bicyclic) bond motifs is 1. The van der Waals surface area contributed by atoms with Crippen LogP contribution in [0.2, 0.25) is 0 Å². The SMILES string of the molecule is [Cl-].c1cc2c(cc1OCC1CCCNC1)CCC2. The zero-order valence-corrected chi connectivity index (χ0v) is 11.5. The Labute approximate surface area is 116 Å². The summed E-state index contributed by atoms with van der Waals surface area (Å²) in [6, 6.07) is 6.63. The molecule has 2 nitrogen and oxygen atoms in total. The maximum atomic E-state index is 5.93. The van der Waals surface area contributed by atoms with Gasteiger partial charge in [0.2, 0.25) is 0 Å². The van der Waals surface area contributed by atoms with E-state index in [2.05, 4.69) is 23.5 Å². The van der Waals surface area contributed by atoms with E-state index >= 15 is 0 Å². The monoisotopic (exact) mass is 266 g/mol. The molecule has 1 atom stereocenters. The molecule has 3 heteroatoms. The molecule has 0 saturated carbocycles. The third-order valence-corrected chi connectivity index (χ3v) is 3.95. The maximum Gasteiger partial charge on any atom is 0.119 e. The first-order valence-electron chi connectivity index (χ1n) is 6.87. The lowest BCUT2D eigenvalue weighted by Gasteiger charge is -2.22. The maximum absolute atomic E-state index is 5.93. The van der Waals surface area contributed by atoms with Crippen LogP contribution in [0.4, 0.5) is 0 Å². The van der Waals surface area contributed by atoms with E-state index in [0.29, 0.717) is 5.92 Å². The number of piperidine rings is 1. The quantitative estimate of drug-likeness (QED) is 0.801. The highest BCUT2D eigenvalue weighted by atomic mass is 35.5. The van der Waals surface area contributed by atoms with Crippen LogP contribution in [0.1, 0.15) is 30.4 Å². The number of hydrogen-bond donors (Lipinski definition) is 1. The van der Waals surface area contributed by atoms with E-state index in [1.54, 1.807) is 0 Å². The Morgan fingerprint density at radius 1 is 1.17 bits per heavy atom. The summed E-state index contributed by atoms with van der Waals surface area (Å²) in [5.74, 6) is 1.76. The molecular weight excluding hydrogens is 246 g/mol. The minimum atomic E-state index is 0. The van der Waals surface area contributed by atoms with Crippen LogP contribution in [-0.2, 0) is 12.8 Å². The van der Waals surface area contributed by atoms with Gasteiger partial charge in [-0.15, -0.1) is 0 Å². The lowest BCUT2D eigenvalue weighted by atomic mass is 10.0. The number of benzene rings is 1. The van der Waals surface area contributed by atoms with Crippen molar-refractivity contribution < 1.29 is 17.1 Å². The first-order valence-corrected chi connectivity index (χ1v) is 6.87. The smallest absolute Gasteiger partial charge is 0.119 e. The van der Waals surface area contributed by atoms with E-state index in [1.165, 1.54) is 49.8 Å². The summed E-state index contributed by atoms with van der Waals surface area (Å²) in [4.78, 5) is 0. The Morgan fingerprint density at radius 3 is 2.89 bits per heavy atom. The molecule has 2 aliphatic rings. The average molecular weight is 267 g/mol. The standard InChI is InChI=1S/C15H21NO.ClH/c1-4-13-6-7-15(9-14(13)5-1)17-11-12-3-2-8-16-10-12;/h6-7,9,12,16H,1-5,8,10-11H2;1H/p-1. The zero-order valence-electron chi connectivity index (χ0n) is 10.8. The van der Waals surface area contributed by atoms with E-state index < -0.39 is 0 Å². The molecule has 0 spiro atoms. The second kappa shape index (κ2) is 6.44. The summed E-state index contributed by atoms with van der Waals surface area (Å²) < 4.78 is 5.93. The van der Waals surface area contributed by atoms with Gasteiger partial charge in [-0.3, -0.25) is 0 Å². The van der Waals surface area contributed by atoms with Crippen LogP contribution in [-0.4, -0.2) is 19.7 Å². The van der Waals surface area contributed by atoms with E-state index in [9.17, 15) is 0 Å². The van der Waals surface area contributed by atoms with E-state index in [-0.39, 0.29) is 12.4 Å². The number of halogens is 1. The highest BCUT2D eigenvalue weighted by Gasteiger charge is 2.15. The number of rotatable bonds is 3. The molecular formula is C15H21ClNO-. The Hall–Kier alpha value is -0.730. The largest absolute Gasteiger partial charge is 1.00 e. The second-order valence-electron chi connectivity index (χ2n) is 5.31. The Kier molecular flexibility index (Phi) is 4.90. The fraction of sp³-hybridized carbons (Fsp3) is 0.600. The number of hydrogen-bond acceptors (Lipinski definition) is 2. The molecule has 1 fully saturated rings. The number of nitrogens with one attached hydrogen (secondary N) is 1. The molecule has 1 aromatic rings. The normalized spacial score (nSPS) is 22.1. The Balaban J connectivity index is 0.00000120. The molecule has 0 aromatic heterocycles. The van der Waals surface area contributed by atoms with Crippen LogP contribution in [0, 0.1) is 5.92 Å². The van der Waals surface area contributed by atoms with Crippen molar-refractivity contribution in [1.82, 2.24) is 5.32 Å². The van der Waals surface area contributed by atoms with Crippen LogP contribution in [0.3, 0.4) is 0 Å². The molecule has 0 radical (unpaired) electrons. The molecule has 100 valence electrons. The zero-order chi connectivity index (χ0) is 11.5. The van der Waals surface area contributed by atoms with Gasteiger partial charge in [-0.1, -0.05) is 6.07 Å². The van der Waals surface area contributed by atoms with Crippen LogP contribution >= 0.6 is 0 Å². The Morgan fingerprint density at radius 2 is 2.06 bits per heavy atom. The van der Waals surface area contributed by atoms with Crippen molar-refractivity contribution in [2.24, 2.45) is 5.92 Å². The summed E-state index contributed by atoms with van der Waals surface area (Å²) in [7, 11) is 0. The molecule has 0 bridgehead atoms. The lowest BCUT2D eigenvalue weighted by molar-refractivity contribution is -0.00000396. The van der Waals surface area contributed by atoms with Gasteiger partial charge in [-0.2, -0.15) is 0 Å². The van der Waals surface area contributed by atoms with Crippen molar-refractivity contribution in [2.75, 3.05) is 19.7 Å². The van der Waals surface area contributed by atoms with Gasteiger partial charge in [0.05, 0.1) is 6.61 Å². The average Bonchev–Trinajstić information content (AvgIpc) is 2.85. The third-order valence-electron chi connectivity index (χ3n) is 3.95. The van der Waals surface area contributed by atoms with Crippen molar-refractivity contribution in [2.45, 2.75) is 32.1 Å². The molecule has 18 heavy (non-hydrogen) atoms. The van der Waals surface area contributed by atoms with Gasteiger partial charge in [0.1, 0.15) is 5.75 Å². The number of aryl methyl sites for hydroxylation is 2. The topological polar surface area (TPSA) is 21.3 Å². The third kappa shape index (κ3) is 3.18. The van der Waals surface area contributed by atoms with Crippen LogP contribution in [0.5, 0.6) is 5.75 Å². The highest BCUT2D eigenvalue weighted by Crippen LogP contribution is 2.26. The molecule has 1 aromatic carbocycles. The minimum absolute atomic E-state index is 0.